The van der Waals surface area contributed by atoms with Crippen LogP contribution in [0.3, 0.4) is 0 Å². The van der Waals surface area contributed by atoms with Gasteiger partial charge >= 0.3 is 0 Å². The zero-order valence-corrected chi connectivity index (χ0v) is 7.62. The maximum Gasteiger partial charge on any atom is 0.0864 e. The highest BCUT2D eigenvalue weighted by atomic mass is 15.1. The van der Waals surface area contributed by atoms with E-state index in [4.69, 9.17) is 11.5 Å². The number of nitrogens with one attached hydrogen (secondary N) is 2. The van der Waals surface area contributed by atoms with Crippen molar-refractivity contribution in [2.24, 2.45) is 5.73 Å². The molecule has 0 amide bonds. The standard InChI is InChI=1S/C8H15N5/c1-11-8(13-5-9)6-2-3-12-4-7(6)10/h2-4,8,11,13H,5,9-10H2,1H3. The second-order valence-corrected chi connectivity index (χ2v) is 2.63. The summed E-state index contributed by atoms with van der Waals surface area (Å²) in [6.45, 7) is 0.396. The Morgan fingerprint density at radius 1 is 1.62 bits per heavy atom. The Labute approximate surface area is 77.5 Å². The van der Waals surface area contributed by atoms with E-state index in [2.05, 4.69) is 15.6 Å². The van der Waals surface area contributed by atoms with Gasteiger partial charge in [0.25, 0.3) is 0 Å². The number of nitrogens with zero attached hydrogens (tertiary/aromatic N) is 1. The number of nitrogen functional groups attached to an aromatic ring is 1. The highest BCUT2D eigenvalue weighted by molar-refractivity contribution is 5.45. The molecule has 0 saturated carbocycles. The molecule has 0 bridgehead atoms. The zero-order chi connectivity index (χ0) is 9.68. The minimum atomic E-state index is -0.0204. The molecule has 1 aromatic heterocycles. The monoisotopic (exact) mass is 181 g/mol. The van der Waals surface area contributed by atoms with Crippen LogP contribution in [0.15, 0.2) is 18.5 Å². The quantitative estimate of drug-likeness (QED) is 0.465. The number of hydrogen-bond acceptors (Lipinski definition) is 5. The van der Waals surface area contributed by atoms with Crippen molar-refractivity contribution in [2.45, 2.75) is 6.17 Å². The Bertz CT molecular complexity index is 262. The van der Waals surface area contributed by atoms with Crippen LogP contribution in [0, 0.1) is 0 Å². The van der Waals surface area contributed by atoms with Crippen molar-refractivity contribution in [3.05, 3.63) is 24.0 Å². The number of pyridine rings is 1. The summed E-state index contributed by atoms with van der Waals surface area (Å²) in [5.41, 5.74) is 12.7. The predicted molar refractivity (Wildman–Crippen MR) is 52.6 cm³/mol. The molecular formula is C8H15N5. The second kappa shape index (κ2) is 4.76. The van der Waals surface area contributed by atoms with Crippen molar-refractivity contribution < 1.29 is 0 Å². The summed E-state index contributed by atoms with van der Waals surface area (Å²) in [6, 6.07) is 1.86. The molecule has 1 unspecified atom stereocenters. The normalized spacial score (nSPS) is 12.8. The van der Waals surface area contributed by atoms with Crippen molar-refractivity contribution in [1.82, 2.24) is 15.6 Å². The van der Waals surface area contributed by atoms with Gasteiger partial charge in [-0.25, -0.2) is 0 Å². The molecule has 0 saturated heterocycles. The Kier molecular flexibility index (Phi) is 3.63. The van der Waals surface area contributed by atoms with Crippen LogP contribution in [0.4, 0.5) is 5.69 Å². The summed E-state index contributed by atoms with van der Waals surface area (Å²) in [6.07, 6.45) is 3.31. The molecule has 0 aliphatic carbocycles. The molecule has 1 heterocycles. The molecular weight excluding hydrogens is 166 g/mol. The number of rotatable bonds is 4. The molecule has 1 aromatic rings. The Morgan fingerprint density at radius 2 is 2.38 bits per heavy atom. The summed E-state index contributed by atoms with van der Waals surface area (Å²) in [5, 5.41) is 6.11. The zero-order valence-electron chi connectivity index (χ0n) is 7.62. The molecule has 6 N–H and O–H groups in total. The number of nitrogens with two attached hydrogens (primary N) is 2. The van der Waals surface area contributed by atoms with Gasteiger partial charge in [0.05, 0.1) is 18.1 Å². The van der Waals surface area contributed by atoms with E-state index in [1.54, 1.807) is 12.4 Å². The third kappa shape index (κ3) is 2.38. The van der Waals surface area contributed by atoms with Crippen LogP contribution in [0.5, 0.6) is 0 Å². The molecule has 0 aliphatic heterocycles. The number of anilines is 1. The van der Waals surface area contributed by atoms with E-state index in [-0.39, 0.29) is 6.17 Å². The van der Waals surface area contributed by atoms with Gasteiger partial charge in [-0.15, -0.1) is 0 Å². The van der Waals surface area contributed by atoms with Crippen molar-refractivity contribution in [2.75, 3.05) is 19.5 Å². The fraction of sp³-hybridized carbons (Fsp3) is 0.375. The summed E-state index contributed by atoms with van der Waals surface area (Å²) in [5.74, 6) is 0. The first-order valence-electron chi connectivity index (χ1n) is 4.09. The van der Waals surface area contributed by atoms with Crippen molar-refractivity contribution in [3.8, 4) is 0 Å². The van der Waals surface area contributed by atoms with Gasteiger partial charge in [-0.05, 0) is 13.1 Å². The van der Waals surface area contributed by atoms with Crippen LogP contribution in [-0.2, 0) is 0 Å². The molecule has 5 nitrogen and oxygen atoms in total. The topological polar surface area (TPSA) is 89.0 Å². The summed E-state index contributed by atoms with van der Waals surface area (Å²) in [7, 11) is 1.84. The first-order chi connectivity index (χ1) is 6.29. The van der Waals surface area contributed by atoms with Gasteiger partial charge in [0.2, 0.25) is 0 Å². The van der Waals surface area contributed by atoms with Crippen molar-refractivity contribution >= 4 is 5.69 Å². The summed E-state index contributed by atoms with van der Waals surface area (Å²) < 4.78 is 0. The smallest absolute Gasteiger partial charge is 0.0864 e. The lowest BCUT2D eigenvalue weighted by Crippen LogP contribution is -2.35. The largest absolute Gasteiger partial charge is 0.397 e. The lowest BCUT2D eigenvalue weighted by Gasteiger charge is -2.18. The highest BCUT2D eigenvalue weighted by Crippen LogP contribution is 2.15. The maximum absolute atomic E-state index is 5.74. The van der Waals surface area contributed by atoms with E-state index < -0.39 is 0 Å². The molecule has 72 valence electrons. The van der Waals surface area contributed by atoms with Crippen LogP contribution in [0.1, 0.15) is 11.7 Å². The van der Waals surface area contributed by atoms with Gasteiger partial charge in [-0.2, -0.15) is 0 Å². The van der Waals surface area contributed by atoms with Gasteiger partial charge in [-0.1, -0.05) is 0 Å². The lowest BCUT2D eigenvalue weighted by atomic mass is 10.2. The number of aromatic nitrogens is 1. The van der Waals surface area contributed by atoms with Crippen LogP contribution >= 0.6 is 0 Å². The molecule has 1 atom stereocenters. The van der Waals surface area contributed by atoms with Gasteiger partial charge in [0.1, 0.15) is 0 Å². The molecule has 0 aliphatic rings. The van der Waals surface area contributed by atoms with E-state index in [1.807, 2.05) is 13.1 Å². The minimum Gasteiger partial charge on any atom is -0.397 e. The minimum absolute atomic E-state index is 0.0204. The first-order valence-corrected chi connectivity index (χ1v) is 4.09. The third-order valence-corrected chi connectivity index (χ3v) is 1.81. The fourth-order valence-electron chi connectivity index (χ4n) is 1.17. The predicted octanol–water partition coefficient (Wildman–Crippen LogP) is -0.612. The van der Waals surface area contributed by atoms with Crippen LogP contribution in [-0.4, -0.2) is 18.7 Å². The maximum atomic E-state index is 5.74. The lowest BCUT2D eigenvalue weighted by molar-refractivity contribution is 0.483. The second-order valence-electron chi connectivity index (χ2n) is 2.63. The highest BCUT2D eigenvalue weighted by Gasteiger charge is 2.09. The molecule has 13 heavy (non-hydrogen) atoms. The Hall–Kier alpha value is -1.17. The van der Waals surface area contributed by atoms with Crippen LogP contribution in [0.2, 0.25) is 0 Å². The van der Waals surface area contributed by atoms with Crippen molar-refractivity contribution in [1.29, 1.82) is 0 Å². The first kappa shape index (κ1) is 9.91. The van der Waals surface area contributed by atoms with E-state index >= 15 is 0 Å². The van der Waals surface area contributed by atoms with Crippen LogP contribution < -0.4 is 22.1 Å². The SMILES string of the molecule is CNC(NCN)c1ccncc1N. The van der Waals surface area contributed by atoms with Gasteiger partial charge in [-0.3, -0.25) is 10.3 Å². The van der Waals surface area contributed by atoms with Gasteiger partial charge < -0.3 is 16.8 Å². The molecule has 0 fully saturated rings. The summed E-state index contributed by atoms with van der Waals surface area (Å²) in [4.78, 5) is 3.91. The van der Waals surface area contributed by atoms with E-state index in [9.17, 15) is 0 Å². The Balaban J connectivity index is 2.84. The van der Waals surface area contributed by atoms with Gasteiger partial charge in [0, 0.05) is 18.4 Å². The van der Waals surface area contributed by atoms with E-state index in [0.717, 1.165) is 5.56 Å². The fourth-order valence-corrected chi connectivity index (χ4v) is 1.17. The molecule has 0 radical (unpaired) electrons. The molecule has 0 aromatic carbocycles. The Morgan fingerprint density at radius 3 is 2.92 bits per heavy atom. The third-order valence-electron chi connectivity index (χ3n) is 1.81. The average molecular weight is 181 g/mol. The van der Waals surface area contributed by atoms with E-state index in [1.165, 1.54) is 0 Å². The van der Waals surface area contributed by atoms with Crippen LogP contribution in [0.25, 0.3) is 0 Å². The van der Waals surface area contributed by atoms with Crippen molar-refractivity contribution in [3.63, 3.8) is 0 Å². The summed E-state index contributed by atoms with van der Waals surface area (Å²) >= 11 is 0. The van der Waals surface area contributed by atoms with Gasteiger partial charge in [0.15, 0.2) is 0 Å². The number of hydrogen-bond donors (Lipinski definition) is 4. The molecule has 0 spiro atoms. The van der Waals surface area contributed by atoms with E-state index in [0.29, 0.717) is 12.4 Å². The average Bonchev–Trinajstić information content (AvgIpc) is 2.16. The molecule has 5 heteroatoms. The molecule has 1 rings (SSSR count).